The highest BCUT2D eigenvalue weighted by atomic mass is 16.1. The van der Waals surface area contributed by atoms with Gasteiger partial charge in [0.25, 0.3) is 0 Å². The molecule has 0 heterocycles. The lowest BCUT2D eigenvalue weighted by Crippen LogP contribution is -2.32. The fourth-order valence-corrected chi connectivity index (χ4v) is 1.44. The average molecular weight is 255 g/mol. The zero-order valence-electron chi connectivity index (χ0n) is 11.1. The van der Waals surface area contributed by atoms with Crippen LogP contribution in [0.5, 0.6) is 0 Å². The van der Waals surface area contributed by atoms with Gasteiger partial charge in [0.15, 0.2) is 5.78 Å². The van der Waals surface area contributed by atoms with Crippen LogP contribution in [-0.4, -0.2) is 29.9 Å². The van der Waals surface area contributed by atoms with E-state index in [9.17, 15) is 4.79 Å². The molecule has 8 N–H and O–H groups in total. The minimum Gasteiger partial charge on any atom is -0.400 e. The predicted molar refractivity (Wildman–Crippen MR) is 73.9 cm³/mol. The molecule has 0 spiro atoms. The fraction of sp³-hybridized carbons (Fsp3) is 0.583. The normalized spacial score (nSPS) is 13.2. The molecular formula is C12H25N5O. The Morgan fingerprint density at radius 3 is 2.56 bits per heavy atom. The van der Waals surface area contributed by atoms with Gasteiger partial charge in [-0.15, -0.1) is 0 Å². The van der Waals surface area contributed by atoms with Gasteiger partial charge < -0.3 is 22.2 Å². The molecule has 104 valence electrons. The minimum atomic E-state index is -0.460. The second kappa shape index (κ2) is 8.68. The molecule has 0 aliphatic carbocycles. The standard InChI is InChI=1S/C12H25N5O/c1-9(2)12(18)11(15)5-3-4-6-17(16)8-10(14)7-13/h8,11H,1,3-7,13-16H2,2H3/b10-8-. The van der Waals surface area contributed by atoms with Crippen LogP contribution in [0.4, 0.5) is 0 Å². The zero-order chi connectivity index (χ0) is 14.1. The highest BCUT2D eigenvalue weighted by molar-refractivity contribution is 5.98. The molecule has 0 aromatic rings. The first-order valence-corrected chi connectivity index (χ1v) is 6.01. The van der Waals surface area contributed by atoms with E-state index in [1.165, 1.54) is 5.01 Å². The quantitative estimate of drug-likeness (QED) is 0.192. The van der Waals surface area contributed by atoms with Gasteiger partial charge in [-0.25, -0.2) is 5.84 Å². The van der Waals surface area contributed by atoms with Crippen LogP contribution in [0.3, 0.4) is 0 Å². The van der Waals surface area contributed by atoms with Crippen LogP contribution in [0, 0.1) is 0 Å². The first kappa shape index (κ1) is 16.6. The highest BCUT2D eigenvalue weighted by Crippen LogP contribution is 2.04. The van der Waals surface area contributed by atoms with Crippen molar-refractivity contribution in [2.24, 2.45) is 23.0 Å². The van der Waals surface area contributed by atoms with Gasteiger partial charge in [0.05, 0.1) is 6.04 Å². The summed E-state index contributed by atoms with van der Waals surface area (Å²) in [7, 11) is 0. The summed E-state index contributed by atoms with van der Waals surface area (Å²) >= 11 is 0. The first-order valence-electron chi connectivity index (χ1n) is 6.01. The maximum absolute atomic E-state index is 11.5. The van der Waals surface area contributed by atoms with Crippen molar-refractivity contribution < 1.29 is 4.79 Å². The average Bonchev–Trinajstić information content (AvgIpc) is 2.32. The van der Waals surface area contributed by atoms with Gasteiger partial charge in [-0.2, -0.15) is 0 Å². The third-order valence-corrected chi connectivity index (χ3v) is 2.51. The Morgan fingerprint density at radius 2 is 2.06 bits per heavy atom. The molecule has 6 heteroatoms. The van der Waals surface area contributed by atoms with Crippen molar-refractivity contribution in [3.05, 3.63) is 24.0 Å². The zero-order valence-corrected chi connectivity index (χ0v) is 11.1. The summed E-state index contributed by atoms with van der Waals surface area (Å²) in [5, 5.41) is 1.49. The van der Waals surface area contributed by atoms with Gasteiger partial charge >= 0.3 is 0 Å². The highest BCUT2D eigenvalue weighted by Gasteiger charge is 2.13. The van der Waals surface area contributed by atoms with Crippen molar-refractivity contribution in [2.75, 3.05) is 13.1 Å². The van der Waals surface area contributed by atoms with Crippen LogP contribution < -0.4 is 23.0 Å². The summed E-state index contributed by atoms with van der Waals surface area (Å²) in [5.41, 5.74) is 17.6. The van der Waals surface area contributed by atoms with Crippen LogP contribution in [0.2, 0.25) is 0 Å². The van der Waals surface area contributed by atoms with Crippen molar-refractivity contribution in [3.63, 3.8) is 0 Å². The molecule has 0 fully saturated rings. The molecular weight excluding hydrogens is 230 g/mol. The molecule has 0 aromatic carbocycles. The van der Waals surface area contributed by atoms with Crippen LogP contribution >= 0.6 is 0 Å². The van der Waals surface area contributed by atoms with Crippen LogP contribution in [0.15, 0.2) is 24.0 Å². The monoisotopic (exact) mass is 255 g/mol. The lowest BCUT2D eigenvalue weighted by atomic mass is 10.0. The lowest BCUT2D eigenvalue weighted by molar-refractivity contribution is -0.116. The van der Waals surface area contributed by atoms with Crippen molar-refractivity contribution in [3.8, 4) is 0 Å². The largest absolute Gasteiger partial charge is 0.400 e. The second-order valence-electron chi connectivity index (χ2n) is 4.39. The molecule has 1 unspecified atom stereocenters. The first-order chi connectivity index (χ1) is 8.38. The van der Waals surface area contributed by atoms with Crippen molar-refractivity contribution in [1.29, 1.82) is 0 Å². The van der Waals surface area contributed by atoms with Gasteiger partial charge in [0.1, 0.15) is 0 Å². The van der Waals surface area contributed by atoms with Crippen LogP contribution in [0.25, 0.3) is 0 Å². The third-order valence-electron chi connectivity index (χ3n) is 2.51. The van der Waals surface area contributed by atoms with Gasteiger partial charge in [-0.3, -0.25) is 4.79 Å². The lowest BCUT2D eigenvalue weighted by Gasteiger charge is -2.15. The number of rotatable bonds is 9. The third kappa shape index (κ3) is 7.05. The molecule has 0 aromatic heterocycles. The van der Waals surface area contributed by atoms with E-state index in [1.807, 2.05) is 0 Å². The molecule has 18 heavy (non-hydrogen) atoms. The molecule has 0 rings (SSSR count). The van der Waals surface area contributed by atoms with Crippen LogP contribution in [0.1, 0.15) is 26.2 Å². The maximum atomic E-state index is 11.5. The van der Waals surface area contributed by atoms with Gasteiger partial charge in [0, 0.05) is 25.0 Å². The van der Waals surface area contributed by atoms with E-state index >= 15 is 0 Å². The molecule has 0 aliphatic heterocycles. The SMILES string of the molecule is C=C(C)C(=O)C(N)CCCCN(N)/C=C(\N)CN. The Kier molecular flexibility index (Phi) is 8.02. The Balaban J connectivity index is 3.80. The number of carbonyl (C=O) groups is 1. The number of carbonyl (C=O) groups excluding carboxylic acids is 1. The Labute approximate surface area is 109 Å². The van der Waals surface area contributed by atoms with E-state index in [1.54, 1.807) is 13.1 Å². The molecule has 6 nitrogen and oxygen atoms in total. The number of nitrogens with two attached hydrogens (primary N) is 4. The number of hydrogen-bond acceptors (Lipinski definition) is 6. The number of Topliss-reactive ketones (excluding diaryl/α,β-unsaturated/α-hetero) is 1. The molecule has 0 amide bonds. The Bertz CT molecular complexity index is 314. The number of ketones is 1. The smallest absolute Gasteiger partial charge is 0.174 e. The maximum Gasteiger partial charge on any atom is 0.174 e. The van der Waals surface area contributed by atoms with Crippen molar-refractivity contribution in [1.82, 2.24) is 5.01 Å². The topological polar surface area (TPSA) is 124 Å². The van der Waals surface area contributed by atoms with E-state index in [0.717, 1.165) is 12.8 Å². The molecule has 0 bridgehead atoms. The van der Waals surface area contributed by atoms with Crippen molar-refractivity contribution >= 4 is 5.78 Å². The summed E-state index contributed by atoms with van der Waals surface area (Å²) in [6.07, 6.45) is 3.90. The van der Waals surface area contributed by atoms with Gasteiger partial charge in [-0.1, -0.05) is 6.58 Å². The number of nitrogens with zero attached hydrogens (tertiary/aromatic N) is 1. The summed E-state index contributed by atoms with van der Waals surface area (Å²) in [6, 6.07) is -0.460. The van der Waals surface area contributed by atoms with E-state index < -0.39 is 6.04 Å². The van der Waals surface area contributed by atoms with E-state index in [2.05, 4.69) is 6.58 Å². The number of unbranched alkanes of at least 4 members (excludes halogenated alkanes) is 1. The molecule has 0 radical (unpaired) electrons. The molecule has 1 atom stereocenters. The Morgan fingerprint density at radius 1 is 1.44 bits per heavy atom. The fourth-order valence-electron chi connectivity index (χ4n) is 1.44. The van der Waals surface area contributed by atoms with Crippen molar-refractivity contribution in [2.45, 2.75) is 32.2 Å². The summed E-state index contributed by atoms with van der Waals surface area (Å²) < 4.78 is 0. The summed E-state index contributed by atoms with van der Waals surface area (Å²) in [4.78, 5) is 11.5. The number of hydrazine groups is 1. The van der Waals surface area contributed by atoms with E-state index in [4.69, 9.17) is 23.0 Å². The second-order valence-corrected chi connectivity index (χ2v) is 4.39. The predicted octanol–water partition coefficient (Wildman–Crippen LogP) is -0.436. The van der Waals surface area contributed by atoms with Crippen LogP contribution in [-0.2, 0) is 4.79 Å². The molecule has 0 saturated heterocycles. The number of hydrogen-bond donors (Lipinski definition) is 4. The summed E-state index contributed by atoms with van der Waals surface area (Å²) in [5.74, 6) is 5.61. The minimum absolute atomic E-state index is 0.0770. The van der Waals surface area contributed by atoms with E-state index in [0.29, 0.717) is 24.2 Å². The summed E-state index contributed by atoms with van der Waals surface area (Å²) in [6.45, 7) is 6.19. The van der Waals surface area contributed by atoms with Gasteiger partial charge in [-0.05, 0) is 31.8 Å². The Hall–Kier alpha value is -1.37. The van der Waals surface area contributed by atoms with Gasteiger partial charge in [0.2, 0.25) is 0 Å². The van der Waals surface area contributed by atoms with E-state index in [-0.39, 0.29) is 12.3 Å². The molecule has 0 aliphatic rings. The molecule has 0 saturated carbocycles.